The maximum absolute atomic E-state index is 10.7. The normalized spacial score (nSPS) is 13.5. The molecule has 0 heterocycles. The van der Waals surface area contributed by atoms with Crippen LogP contribution in [0.15, 0.2) is 0 Å². The summed E-state index contributed by atoms with van der Waals surface area (Å²) < 4.78 is 0. The first-order chi connectivity index (χ1) is 5.55. The minimum atomic E-state index is -0.773. The van der Waals surface area contributed by atoms with Crippen molar-refractivity contribution in [1.82, 2.24) is 4.90 Å². The first-order valence-electron chi connectivity index (χ1n) is 4.54. The summed E-state index contributed by atoms with van der Waals surface area (Å²) in [7, 11) is 0. The Morgan fingerprint density at radius 3 is 1.46 bits per heavy atom. The van der Waals surface area contributed by atoms with Crippen LogP contribution in [0.2, 0.25) is 0 Å². The summed E-state index contributed by atoms with van der Waals surface area (Å²) in [5.41, 5.74) is -0.229. The van der Waals surface area contributed by atoms with E-state index in [-0.39, 0.29) is 17.6 Å². The third-order valence-corrected chi connectivity index (χ3v) is 1.91. The maximum Gasteiger partial charge on any atom is 0.317 e. The predicted octanol–water partition coefficient (Wildman–Crippen LogP) is 1.97. The van der Waals surface area contributed by atoms with Gasteiger partial charge in [0.2, 0.25) is 0 Å². The molecule has 0 rings (SSSR count). The van der Waals surface area contributed by atoms with Gasteiger partial charge in [-0.1, -0.05) is 0 Å². The van der Waals surface area contributed by atoms with Crippen LogP contribution in [-0.2, 0) is 4.79 Å². The second-order valence-corrected chi connectivity index (χ2v) is 5.32. The van der Waals surface area contributed by atoms with Crippen molar-refractivity contribution in [2.75, 3.05) is 6.54 Å². The van der Waals surface area contributed by atoms with Crippen LogP contribution in [0.25, 0.3) is 0 Å². The maximum atomic E-state index is 10.7. The lowest BCUT2D eigenvalue weighted by Crippen LogP contribution is -2.54. The van der Waals surface area contributed by atoms with E-state index in [0.717, 1.165) is 0 Å². The summed E-state index contributed by atoms with van der Waals surface area (Å²) in [6.07, 6.45) is 0. The van der Waals surface area contributed by atoms with E-state index in [2.05, 4.69) is 0 Å². The zero-order valence-corrected chi connectivity index (χ0v) is 9.51. The largest absolute Gasteiger partial charge is 0.480 e. The van der Waals surface area contributed by atoms with Gasteiger partial charge in [0, 0.05) is 11.1 Å². The third kappa shape index (κ3) is 4.27. The SMILES string of the molecule is CC(C)(C)N(CC(=O)O)C(C)(C)C. The summed E-state index contributed by atoms with van der Waals surface area (Å²) in [4.78, 5) is 12.6. The first-order valence-corrected chi connectivity index (χ1v) is 4.54. The van der Waals surface area contributed by atoms with E-state index < -0.39 is 5.97 Å². The predicted molar refractivity (Wildman–Crippen MR) is 53.8 cm³/mol. The molecular weight excluding hydrogens is 166 g/mol. The molecule has 0 aliphatic carbocycles. The van der Waals surface area contributed by atoms with Crippen LogP contribution in [0, 0.1) is 0 Å². The molecule has 0 aliphatic rings. The van der Waals surface area contributed by atoms with Crippen molar-refractivity contribution in [1.29, 1.82) is 0 Å². The highest BCUT2D eigenvalue weighted by Crippen LogP contribution is 2.23. The van der Waals surface area contributed by atoms with E-state index in [4.69, 9.17) is 5.11 Å². The summed E-state index contributed by atoms with van der Waals surface area (Å²) in [6.45, 7) is 12.3. The lowest BCUT2D eigenvalue weighted by atomic mass is 9.96. The Morgan fingerprint density at radius 1 is 1.08 bits per heavy atom. The number of rotatable bonds is 2. The standard InChI is InChI=1S/C10H21NO2/c1-9(2,3)11(7-8(12)13)10(4,5)6/h7H2,1-6H3,(H,12,13). The molecule has 0 aromatic rings. The van der Waals surface area contributed by atoms with Crippen LogP contribution in [0.1, 0.15) is 41.5 Å². The molecule has 0 spiro atoms. The Bertz CT molecular complexity index is 172. The quantitative estimate of drug-likeness (QED) is 0.718. The molecule has 78 valence electrons. The number of nitrogens with zero attached hydrogens (tertiary/aromatic N) is 1. The Hall–Kier alpha value is -0.570. The van der Waals surface area contributed by atoms with E-state index >= 15 is 0 Å². The van der Waals surface area contributed by atoms with Crippen molar-refractivity contribution in [2.45, 2.75) is 52.6 Å². The van der Waals surface area contributed by atoms with Crippen LogP contribution in [0.4, 0.5) is 0 Å². The lowest BCUT2D eigenvalue weighted by Gasteiger charge is -2.44. The van der Waals surface area contributed by atoms with Gasteiger partial charge in [0.1, 0.15) is 0 Å². The van der Waals surface area contributed by atoms with Crippen molar-refractivity contribution in [3.05, 3.63) is 0 Å². The Kier molecular flexibility index (Phi) is 3.50. The zero-order chi connectivity index (χ0) is 10.9. The van der Waals surface area contributed by atoms with Gasteiger partial charge in [0.25, 0.3) is 0 Å². The molecule has 0 aromatic carbocycles. The van der Waals surface area contributed by atoms with Crippen LogP contribution < -0.4 is 0 Å². The molecule has 0 radical (unpaired) electrons. The molecule has 0 atom stereocenters. The summed E-state index contributed by atoms with van der Waals surface area (Å²) in [5, 5.41) is 8.77. The monoisotopic (exact) mass is 187 g/mol. The number of carbonyl (C=O) groups is 1. The first kappa shape index (κ1) is 12.4. The molecule has 0 fully saturated rings. The van der Waals surface area contributed by atoms with Gasteiger partial charge in [-0.15, -0.1) is 0 Å². The van der Waals surface area contributed by atoms with Gasteiger partial charge in [-0.3, -0.25) is 9.69 Å². The number of hydrogen-bond donors (Lipinski definition) is 1. The average molecular weight is 187 g/mol. The highest BCUT2D eigenvalue weighted by molar-refractivity contribution is 5.69. The van der Waals surface area contributed by atoms with E-state index in [9.17, 15) is 4.79 Å². The molecule has 0 aliphatic heterocycles. The van der Waals surface area contributed by atoms with Gasteiger partial charge >= 0.3 is 5.97 Å². The second kappa shape index (κ2) is 3.66. The van der Waals surface area contributed by atoms with Crippen molar-refractivity contribution >= 4 is 5.97 Å². The van der Waals surface area contributed by atoms with Gasteiger partial charge in [-0.2, -0.15) is 0 Å². The fraction of sp³-hybridized carbons (Fsp3) is 0.900. The van der Waals surface area contributed by atoms with Crippen LogP contribution in [-0.4, -0.2) is 33.6 Å². The molecular formula is C10H21NO2. The Morgan fingerprint density at radius 2 is 1.38 bits per heavy atom. The fourth-order valence-electron chi connectivity index (χ4n) is 1.62. The van der Waals surface area contributed by atoms with Crippen LogP contribution in [0.3, 0.4) is 0 Å². The Labute approximate surface area is 80.7 Å². The number of hydrogen-bond acceptors (Lipinski definition) is 2. The van der Waals surface area contributed by atoms with Crippen LogP contribution in [0.5, 0.6) is 0 Å². The van der Waals surface area contributed by atoms with E-state index in [1.165, 1.54) is 0 Å². The van der Waals surface area contributed by atoms with Crippen molar-refractivity contribution < 1.29 is 9.90 Å². The Balaban J connectivity index is 4.68. The minimum Gasteiger partial charge on any atom is -0.480 e. The van der Waals surface area contributed by atoms with Gasteiger partial charge in [-0.25, -0.2) is 0 Å². The second-order valence-electron chi connectivity index (χ2n) is 5.32. The zero-order valence-electron chi connectivity index (χ0n) is 9.51. The highest BCUT2D eigenvalue weighted by atomic mass is 16.4. The summed E-state index contributed by atoms with van der Waals surface area (Å²) in [6, 6.07) is 0. The van der Waals surface area contributed by atoms with Crippen molar-refractivity contribution in [2.24, 2.45) is 0 Å². The average Bonchev–Trinajstić information content (AvgIpc) is 1.77. The van der Waals surface area contributed by atoms with Crippen molar-refractivity contribution in [3.63, 3.8) is 0 Å². The third-order valence-electron chi connectivity index (χ3n) is 1.91. The van der Waals surface area contributed by atoms with E-state index in [0.29, 0.717) is 0 Å². The molecule has 0 saturated carbocycles. The molecule has 0 saturated heterocycles. The highest BCUT2D eigenvalue weighted by Gasteiger charge is 2.32. The van der Waals surface area contributed by atoms with Gasteiger partial charge in [0.05, 0.1) is 6.54 Å². The molecule has 1 N–H and O–H groups in total. The van der Waals surface area contributed by atoms with E-state index in [1.807, 2.05) is 46.4 Å². The molecule has 0 bridgehead atoms. The van der Waals surface area contributed by atoms with Gasteiger partial charge < -0.3 is 5.11 Å². The number of aliphatic carboxylic acids is 1. The number of carboxylic acid groups (broad SMARTS) is 1. The smallest absolute Gasteiger partial charge is 0.317 e. The minimum absolute atomic E-state index is 0.0903. The molecule has 0 amide bonds. The van der Waals surface area contributed by atoms with Crippen LogP contribution >= 0.6 is 0 Å². The topological polar surface area (TPSA) is 40.5 Å². The molecule has 0 aromatic heterocycles. The molecule has 3 nitrogen and oxygen atoms in total. The van der Waals surface area contributed by atoms with Gasteiger partial charge in [-0.05, 0) is 41.5 Å². The van der Waals surface area contributed by atoms with Gasteiger partial charge in [0.15, 0.2) is 0 Å². The molecule has 0 unspecified atom stereocenters. The number of carboxylic acids is 1. The summed E-state index contributed by atoms with van der Waals surface area (Å²) >= 11 is 0. The molecule has 3 heteroatoms. The van der Waals surface area contributed by atoms with Crippen molar-refractivity contribution in [3.8, 4) is 0 Å². The molecule has 13 heavy (non-hydrogen) atoms. The van der Waals surface area contributed by atoms with E-state index in [1.54, 1.807) is 0 Å². The summed E-state index contributed by atoms with van der Waals surface area (Å²) in [5.74, 6) is -0.773. The fourth-order valence-corrected chi connectivity index (χ4v) is 1.62. The lowest BCUT2D eigenvalue weighted by molar-refractivity contribution is -0.142.